The fraction of sp³-hybridized carbons (Fsp3) is 0.182. The quantitative estimate of drug-likeness (QED) is 0.578. The molecule has 0 radical (unpaired) electrons. The van der Waals surface area contributed by atoms with Gasteiger partial charge in [0.25, 0.3) is 5.91 Å². The molecule has 2 aromatic carbocycles. The summed E-state index contributed by atoms with van der Waals surface area (Å²) in [5.41, 5.74) is 3.11. The van der Waals surface area contributed by atoms with Crippen molar-refractivity contribution >= 4 is 44.8 Å². The van der Waals surface area contributed by atoms with Crippen molar-refractivity contribution in [3.8, 4) is 0 Å². The Morgan fingerprint density at radius 1 is 1.14 bits per heavy atom. The number of benzene rings is 2. The summed E-state index contributed by atoms with van der Waals surface area (Å²) in [7, 11) is 1.77. The SMILES string of the molecule is Cc1cc(Br)ccc1NC(=O)[C@H]1c2ccccc2C(=O)N(C)[C@@H]1c1cccs1. The van der Waals surface area contributed by atoms with E-state index < -0.39 is 5.92 Å². The summed E-state index contributed by atoms with van der Waals surface area (Å²) in [5, 5.41) is 5.06. The smallest absolute Gasteiger partial charge is 0.254 e. The molecule has 0 aliphatic carbocycles. The Hall–Kier alpha value is -2.44. The summed E-state index contributed by atoms with van der Waals surface area (Å²) >= 11 is 5.02. The molecule has 4 nitrogen and oxygen atoms in total. The van der Waals surface area contributed by atoms with E-state index in [0.717, 1.165) is 26.2 Å². The van der Waals surface area contributed by atoms with Gasteiger partial charge in [0.15, 0.2) is 0 Å². The predicted molar refractivity (Wildman–Crippen MR) is 116 cm³/mol. The first kappa shape index (κ1) is 18.9. The number of hydrogen-bond donors (Lipinski definition) is 1. The molecule has 0 spiro atoms. The number of thiophene rings is 1. The lowest BCUT2D eigenvalue weighted by Crippen LogP contribution is -2.43. The van der Waals surface area contributed by atoms with Gasteiger partial charge in [-0.25, -0.2) is 0 Å². The van der Waals surface area contributed by atoms with Crippen molar-refractivity contribution in [2.24, 2.45) is 0 Å². The van der Waals surface area contributed by atoms with Crippen LogP contribution in [-0.2, 0) is 4.79 Å². The molecule has 3 aromatic rings. The average Bonchev–Trinajstić information content (AvgIpc) is 3.21. The Morgan fingerprint density at radius 3 is 2.64 bits per heavy atom. The first-order valence-corrected chi connectivity index (χ1v) is 10.6. The van der Waals surface area contributed by atoms with Crippen LogP contribution in [0.25, 0.3) is 0 Å². The van der Waals surface area contributed by atoms with E-state index in [0.29, 0.717) is 5.56 Å². The highest BCUT2D eigenvalue weighted by molar-refractivity contribution is 9.10. The normalized spacial score (nSPS) is 18.7. The molecule has 1 aliphatic heterocycles. The molecule has 6 heteroatoms. The minimum atomic E-state index is -0.486. The lowest BCUT2D eigenvalue weighted by Gasteiger charge is -2.39. The number of nitrogens with zero attached hydrogens (tertiary/aromatic N) is 1. The number of hydrogen-bond acceptors (Lipinski definition) is 3. The summed E-state index contributed by atoms with van der Waals surface area (Å²) in [6.07, 6.45) is 0. The van der Waals surface area contributed by atoms with Crippen molar-refractivity contribution in [3.63, 3.8) is 0 Å². The molecule has 1 aromatic heterocycles. The van der Waals surface area contributed by atoms with E-state index >= 15 is 0 Å². The number of aryl methyl sites for hydroxylation is 1. The molecular formula is C22H19BrN2O2S. The number of likely N-dealkylation sites (N-methyl/N-ethyl adjacent to an activating group) is 1. The summed E-state index contributed by atoms with van der Waals surface area (Å²) < 4.78 is 0.966. The van der Waals surface area contributed by atoms with Crippen molar-refractivity contribution in [1.29, 1.82) is 0 Å². The van der Waals surface area contributed by atoms with Gasteiger partial charge in [0.1, 0.15) is 0 Å². The van der Waals surface area contributed by atoms with E-state index in [9.17, 15) is 9.59 Å². The number of nitrogens with one attached hydrogen (secondary N) is 1. The topological polar surface area (TPSA) is 49.4 Å². The van der Waals surface area contributed by atoms with Crippen LogP contribution in [0.15, 0.2) is 64.5 Å². The number of carbonyl (C=O) groups is 2. The molecule has 2 amide bonds. The number of rotatable bonds is 3. The fourth-order valence-corrected chi connectivity index (χ4v) is 5.13. The third kappa shape index (κ3) is 3.27. The van der Waals surface area contributed by atoms with Crippen molar-refractivity contribution in [2.45, 2.75) is 18.9 Å². The Balaban J connectivity index is 1.79. The van der Waals surface area contributed by atoms with Crippen LogP contribution in [0, 0.1) is 6.92 Å². The van der Waals surface area contributed by atoms with E-state index in [4.69, 9.17) is 0 Å². The maximum absolute atomic E-state index is 13.5. The van der Waals surface area contributed by atoms with E-state index in [-0.39, 0.29) is 17.9 Å². The van der Waals surface area contributed by atoms with Crippen LogP contribution in [0.2, 0.25) is 0 Å². The minimum absolute atomic E-state index is 0.0575. The maximum atomic E-state index is 13.5. The Labute approximate surface area is 176 Å². The van der Waals surface area contributed by atoms with Crippen LogP contribution in [0.5, 0.6) is 0 Å². The predicted octanol–water partition coefficient (Wildman–Crippen LogP) is 5.37. The Morgan fingerprint density at radius 2 is 1.93 bits per heavy atom. The van der Waals surface area contributed by atoms with Gasteiger partial charge in [-0.05, 0) is 53.8 Å². The first-order chi connectivity index (χ1) is 13.5. The number of fused-ring (bicyclic) bond motifs is 1. The molecule has 0 saturated heterocycles. The van der Waals surface area contributed by atoms with Gasteiger partial charge in [-0.1, -0.05) is 40.2 Å². The van der Waals surface area contributed by atoms with Gasteiger partial charge in [-0.3, -0.25) is 9.59 Å². The first-order valence-electron chi connectivity index (χ1n) is 8.94. The third-order valence-corrected chi connectivity index (χ3v) is 6.58. The molecular weight excluding hydrogens is 436 g/mol. The number of anilines is 1. The molecule has 2 heterocycles. The molecule has 0 fully saturated rings. The van der Waals surface area contributed by atoms with Gasteiger partial charge < -0.3 is 10.2 Å². The van der Waals surface area contributed by atoms with Crippen molar-refractivity contribution in [2.75, 3.05) is 12.4 Å². The van der Waals surface area contributed by atoms with Crippen LogP contribution in [0.3, 0.4) is 0 Å². The zero-order valence-electron chi connectivity index (χ0n) is 15.5. The standard InChI is InChI=1S/C22H19BrN2O2S/c1-13-12-14(23)9-10-17(13)24-21(26)19-15-6-3-4-7-16(15)22(27)25(2)20(19)18-8-5-11-28-18/h3-12,19-20H,1-2H3,(H,24,26)/t19-,20+/m0/s1. The highest BCUT2D eigenvalue weighted by Crippen LogP contribution is 2.43. The lowest BCUT2D eigenvalue weighted by molar-refractivity contribution is -0.119. The van der Waals surface area contributed by atoms with E-state index in [1.54, 1.807) is 29.4 Å². The zero-order chi connectivity index (χ0) is 19.8. The second-order valence-corrected chi connectivity index (χ2v) is 8.78. The molecule has 2 atom stereocenters. The second-order valence-electron chi connectivity index (χ2n) is 6.89. The zero-order valence-corrected chi connectivity index (χ0v) is 17.9. The number of carbonyl (C=O) groups excluding carboxylic acids is 2. The second kappa shape index (κ2) is 7.53. The third-order valence-electron chi connectivity index (χ3n) is 5.14. The minimum Gasteiger partial charge on any atom is -0.333 e. The van der Waals surface area contributed by atoms with Crippen LogP contribution in [0.1, 0.15) is 38.3 Å². The molecule has 142 valence electrons. The fourth-order valence-electron chi connectivity index (χ4n) is 3.75. The molecule has 28 heavy (non-hydrogen) atoms. The Bertz CT molecular complexity index is 1050. The molecule has 1 N–H and O–H groups in total. The summed E-state index contributed by atoms with van der Waals surface area (Å²) in [5.74, 6) is -0.658. The van der Waals surface area contributed by atoms with Gasteiger partial charge in [-0.15, -0.1) is 11.3 Å². The van der Waals surface area contributed by atoms with Crippen LogP contribution >= 0.6 is 27.3 Å². The van der Waals surface area contributed by atoms with Gasteiger partial charge in [0, 0.05) is 27.6 Å². The van der Waals surface area contributed by atoms with Gasteiger partial charge in [0.05, 0.1) is 12.0 Å². The molecule has 0 unspecified atom stereocenters. The molecule has 1 aliphatic rings. The van der Waals surface area contributed by atoms with Crippen LogP contribution < -0.4 is 5.32 Å². The largest absolute Gasteiger partial charge is 0.333 e. The van der Waals surface area contributed by atoms with Crippen LogP contribution in [0.4, 0.5) is 5.69 Å². The van der Waals surface area contributed by atoms with Gasteiger partial charge in [0.2, 0.25) is 5.91 Å². The van der Waals surface area contributed by atoms with E-state index in [1.165, 1.54) is 0 Å². The highest BCUT2D eigenvalue weighted by atomic mass is 79.9. The van der Waals surface area contributed by atoms with Crippen LogP contribution in [-0.4, -0.2) is 23.8 Å². The Kier molecular flexibility index (Phi) is 5.08. The highest BCUT2D eigenvalue weighted by Gasteiger charge is 2.43. The average molecular weight is 455 g/mol. The van der Waals surface area contributed by atoms with Gasteiger partial charge in [-0.2, -0.15) is 0 Å². The van der Waals surface area contributed by atoms with E-state index in [1.807, 2.05) is 60.8 Å². The summed E-state index contributed by atoms with van der Waals surface area (Å²) in [6, 6.07) is 16.8. The molecule has 0 saturated carbocycles. The van der Waals surface area contributed by atoms with Crippen molar-refractivity contribution < 1.29 is 9.59 Å². The number of halogens is 1. The van der Waals surface area contributed by atoms with E-state index in [2.05, 4.69) is 21.2 Å². The van der Waals surface area contributed by atoms with Gasteiger partial charge >= 0.3 is 0 Å². The van der Waals surface area contributed by atoms with Crippen molar-refractivity contribution in [1.82, 2.24) is 4.90 Å². The maximum Gasteiger partial charge on any atom is 0.254 e. The number of amides is 2. The summed E-state index contributed by atoms with van der Waals surface area (Å²) in [4.78, 5) is 29.1. The lowest BCUT2D eigenvalue weighted by atomic mass is 9.81. The molecule has 4 rings (SSSR count). The van der Waals surface area contributed by atoms with Crippen molar-refractivity contribution in [3.05, 3.63) is 86.0 Å². The molecule has 0 bridgehead atoms. The monoisotopic (exact) mass is 454 g/mol. The summed E-state index contributed by atoms with van der Waals surface area (Å²) in [6.45, 7) is 1.96.